The molecule has 2 aliphatic heterocycles. The number of ether oxygens (including phenoxy) is 1. The second-order valence-electron chi connectivity index (χ2n) is 6.11. The second-order valence-corrected chi connectivity index (χ2v) is 6.11. The molecular weight excluding hydrogens is 336 g/mol. The van der Waals surface area contributed by atoms with Gasteiger partial charge in [-0.3, -0.25) is 19.8 Å². The summed E-state index contributed by atoms with van der Waals surface area (Å²) >= 11 is 0. The van der Waals surface area contributed by atoms with E-state index < -0.39 is 16.8 Å². The first-order chi connectivity index (χ1) is 12.6. The number of anilines is 1. The standard InChI is InChI=1S/C19H14N2O5/c22-17-10-15(12-5-4-8-14(9-12)21(24)25)18-16(11-26-19(18)23)20(17)13-6-2-1-3-7-13/h1-9,15H,10-11H2/t15-/m1/s1. The van der Waals surface area contributed by atoms with Crippen LogP contribution in [-0.2, 0) is 14.3 Å². The molecule has 2 heterocycles. The summed E-state index contributed by atoms with van der Waals surface area (Å²) in [7, 11) is 0. The molecule has 1 amide bonds. The average Bonchev–Trinajstić information content (AvgIpc) is 3.03. The van der Waals surface area contributed by atoms with Crippen molar-refractivity contribution in [1.29, 1.82) is 0 Å². The zero-order valence-corrected chi connectivity index (χ0v) is 13.6. The van der Waals surface area contributed by atoms with Crippen LogP contribution in [0, 0.1) is 10.1 Å². The highest BCUT2D eigenvalue weighted by atomic mass is 16.6. The Hall–Kier alpha value is -3.48. The number of non-ortho nitro benzene ring substituents is 1. The molecule has 0 radical (unpaired) electrons. The van der Waals surface area contributed by atoms with Gasteiger partial charge in [0.25, 0.3) is 5.69 Å². The zero-order valence-electron chi connectivity index (χ0n) is 13.6. The Morgan fingerprint density at radius 1 is 1.08 bits per heavy atom. The SMILES string of the molecule is O=C1OCC2=C1[C@@H](c1cccc([N+](=O)[O-])c1)CC(=O)N2c1ccccc1. The topological polar surface area (TPSA) is 89.7 Å². The number of cyclic esters (lactones) is 1. The number of amides is 1. The van der Waals surface area contributed by atoms with E-state index in [1.165, 1.54) is 17.0 Å². The summed E-state index contributed by atoms with van der Waals surface area (Å²) < 4.78 is 5.19. The van der Waals surface area contributed by atoms with Gasteiger partial charge in [-0.15, -0.1) is 0 Å². The molecule has 1 atom stereocenters. The molecule has 130 valence electrons. The van der Waals surface area contributed by atoms with Crippen molar-refractivity contribution in [1.82, 2.24) is 0 Å². The lowest BCUT2D eigenvalue weighted by atomic mass is 9.84. The van der Waals surface area contributed by atoms with Crippen molar-refractivity contribution < 1.29 is 19.2 Å². The van der Waals surface area contributed by atoms with Gasteiger partial charge < -0.3 is 4.74 Å². The summed E-state index contributed by atoms with van der Waals surface area (Å²) in [4.78, 5) is 37.3. The molecule has 2 aliphatic rings. The molecule has 2 aromatic rings. The van der Waals surface area contributed by atoms with Crippen molar-refractivity contribution >= 4 is 23.3 Å². The van der Waals surface area contributed by atoms with Crippen molar-refractivity contribution in [2.24, 2.45) is 0 Å². The van der Waals surface area contributed by atoms with E-state index in [9.17, 15) is 19.7 Å². The minimum atomic E-state index is -0.549. The fraction of sp³-hybridized carbons (Fsp3) is 0.158. The van der Waals surface area contributed by atoms with E-state index in [4.69, 9.17) is 4.74 Å². The predicted molar refractivity (Wildman–Crippen MR) is 92.4 cm³/mol. The fourth-order valence-electron chi connectivity index (χ4n) is 3.47. The number of carbonyl (C=O) groups excluding carboxylic acids is 2. The molecule has 7 heteroatoms. The maximum absolute atomic E-state index is 12.8. The number of hydrogen-bond donors (Lipinski definition) is 0. The maximum Gasteiger partial charge on any atom is 0.336 e. The van der Waals surface area contributed by atoms with E-state index in [0.717, 1.165) is 0 Å². The molecule has 0 saturated heterocycles. The Labute approximate surface area is 148 Å². The number of nitrogens with zero attached hydrogens (tertiary/aromatic N) is 2. The number of para-hydroxylation sites is 1. The fourth-order valence-corrected chi connectivity index (χ4v) is 3.47. The molecule has 0 spiro atoms. The molecule has 0 unspecified atom stereocenters. The van der Waals surface area contributed by atoms with Crippen LogP contribution in [0.1, 0.15) is 17.9 Å². The molecule has 0 saturated carbocycles. The average molecular weight is 350 g/mol. The largest absolute Gasteiger partial charge is 0.456 e. The molecule has 0 aromatic heterocycles. The van der Waals surface area contributed by atoms with Gasteiger partial charge in [-0.05, 0) is 17.7 Å². The van der Waals surface area contributed by atoms with Crippen molar-refractivity contribution in [2.75, 3.05) is 11.5 Å². The molecule has 7 nitrogen and oxygen atoms in total. The third kappa shape index (κ3) is 2.54. The molecule has 0 bridgehead atoms. The molecule has 26 heavy (non-hydrogen) atoms. The minimum absolute atomic E-state index is 0.0141. The van der Waals surface area contributed by atoms with Crippen LogP contribution in [0.25, 0.3) is 0 Å². The highest BCUT2D eigenvalue weighted by molar-refractivity contribution is 6.06. The Balaban J connectivity index is 1.83. The van der Waals surface area contributed by atoms with Crippen molar-refractivity contribution in [3.63, 3.8) is 0 Å². The van der Waals surface area contributed by atoms with Gasteiger partial charge in [0, 0.05) is 30.2 Å². The number of benzene rings is 2. The van der Waals surface area contributed by atoms with Gasteiger partial charge in [0.2, 0.25) is 5.91 Å². The molecular formula is C19H14N2O5. The smallest absolute Gasteiger partial charge is 0.336 e. The van der Waals surface area contributed by atoms with E-state index in [1.807, 2.05) is 18.2 Å². The summed E-state index contributed by atoms with van der Waals surface area (Å²) in [6, 6.07) is 15.1. The Bertz CT molecular complexity index is 951. The third-order valence-corrected chi connectivity index (χ3v) is 4.62. The van der Waals surface area contributed by atoms with Crippen LogP contribution >= 0.6 is 0 Å². The number of carbonyl (C=O) groups is 2. The highest BCUT2D eigenvalue weighted by Gasteiger charge is 2.43. The van der Waals surface area contributed by atoms with Gasteiger partial charge in [0.15, 0.2) is 0 Å². The Morgan fingerprint density at radius 3 is 2.58 bits per heavy atom. The van der Waals surface area contributed by atoms with Gasteiger partial charge in [0.05, 0.1) is 16.2 Å². The van der Waals surface area contributed by atoms with Gasteiger partial charge >= 0.3 is 5.97 Å². The van der Waals surface area contributed by atoms with Crippen LogP contribution in [0.2, 0.25) is 0 Å². The molecule has 0 aliphatic carbocycles. The quantitative estimate of drug-likeness (QED) is 0.482. The van der Waals surface area contributed by atoms with Crippen LogP contribution in [0.5, 0.6) is 0 Å². The van der Waals surface area contributed by atoms with Crippen LogP contribution in [0.3, 0.4) is 0 Å². The van der Waals surface area contributed by atoms with Crippen molar-refractivity contribution in [3.8, 4) is 0 Å². The number of rotatable bonds is 3. The van der Waals surface area contributed by atoms with Crippen molar-refractivity contribution in [2.45, 2.75) is 12.3 Å². The Kier molecular flexibility index (Phi) is 3.76. The van der Waals surface area contributed by atoms with Crippen LogP contribution in [0.15, 0.2) is 65.9 Å². The lowest BCUT2D eigenvalue weighted by Crippen LogP contribution is -2.37. The van der Waals surface area contributed by atoms with Gasteiger partial charge in [-0.25, -0.2) is 4.79 Å². The molecule has 2 aromatic carbocycles. The summed E-state index contributed by atoms with van der Waals surface area (Å²) in [5.41, 5.74) is 2.06. The monoisotopic (exact) mass is 350 g/mol. The summed E-state index contributed by atoms with van der Waals surface area (Å²) in [5, 5.41) is 11.1. The van der Waals surface area contributed by atoms with E-state index >= 15 is 0 Å². The maximum atomic E-state index is 12.8. The van der Waals surface area contributed by atoms with Crippen LogP contribution in [0.4, 0.5) is 11.4 Å². The number of hydrogen-bond acceptors (Lipinski definition) is 5. The summed E-state index contributed by atoms with van der Waals surface area (Å²) in [6.45, 7) is 0.0141. The van der Waals surface area contributed by atoms with Gasteiger partial charge in [-0.2, -0.15) is 0 Å². The number of nitro benzene ring substituents is 1. The predicted octanol–water partition coefficient (Wildman–Crippen LogP) is 2.93. The number of nitro groups is 1. The lowest BCUT2D eigenvalue weighted by Gasteiger charge is -2.31. The van der Waals surface area contributed by atoms with Crippen LogP contribution in [-0.4, -0.2) is 23.4 Å². The number of esters is 1. The second kappa shape index (κ2) is 6.11. The molecule has 0 N–H and O–H groups in total. The molecule has 4 rings (SSSR count). The normalized spacial score (nSPS) is 19.4. The Morgan fingerprint density at radius 2 is 1.85 bits per heavy atom. The summed E-state index contributed by atoms with van der Waals surface area (Å²) in [6.07, 6.45) is 0.0456. The van der Waals surface area contributed by atoms with Crippen LogP contribution < -0.4 is 4.90 Å². The zero-order chi connectivity index (χ0) is 18.3. The van der Waals surface area contributed by atoms with E-state index in [-0.39, 0.29) is 24.6 Å². The highest BCUT2D eigenvalue weighted by Crippen LogP contribution is 2.42. The first-order valence-corrected chi connectivity index (χ1v) is 8.09. The van der Waals surface area contributed by atoms with E-state index in [1.54, 1.807) is 24.3 Å². The van der Waals surface area contributed by atoms with E-state index in [0.29, 0.717) is 22.5 Å². The van der Waals surface area contributed by atoms with E-state index in [2.05, 4.69) is 0 Å². The summed E-state index contributed by atoms with van der Waals surface area (Å²) in [5.74, 6) is -1.21. The van der Waals surface area contributed by atoms with Crippen molar-refractivity contribution in [3.05, 3.63) is 81.5 Å². The third-order valence-electron chi connectivity index (χ3n) is 4.62. The van der Waals surface area contributed by atoms with Gasteiger partial charge in [-0.1, -0.05) is 30.3 Å². The van der Waals surface area contributed by atoms with Gasteiger partial charge in [0.1, 0.15) is 6.61 Å². The molecule has 0 fully saturated rings. The first kappa shape index (κ1) is 16.0. The lowest BCUT2D eigenvalue weighted by molar-refractivity contribution is -0.384. The minimum Gasteiger partial charge on any atom is -0.456 e. The first-order valence-electron chi connectivity index (χ1n) is 8.09.